The maximum atomic E-state index is 9.38. The van der Waals surface area contributed by atoms with Crippen LogP contribution in [0.3, 0.4) is 0 Å². The summed E-state index contributed by atoms with van der Waals surface area (Å²) in [5.41, 5.74) is 0. The largest absolute Gasteiger partial charge is 0.505 e. The molecule has 7 heavy (non-hydrogen) atoms. The van der Waals surface area contributed by atoms with Crippen molar-refractivity contribution >= 4 is 6.16 Å². The van der Waals surface area contributed by atoms with Gasteiger partial charge in [-0.15, -0.1) is 0 Å². The van der Waals surface area contributed by atoms with E-state index in [-0.39, 0.29) is 35.8 Å². The Morgan fingerprint density at radius 1 is 1.86 bits per heavy atom. The molecule has 0 amide bonds. The smallest absolute Gasteiger partial charge is 0.450 e. The number of carbonyl (C=O) groups is 1. The van der Waals surface area contributed by atoms with Gasteiger partial charge in [-0.1, -0.05) is 0 Å². The van der Waals surface area contributed by atoms with E-state index in [0.717, 1.165) is 0 Å². The first-order valence-corrected chi connectivity index (χ1v) is 1.63. The molecule has 42 valence electrons. The summed E-state index contributed by atoms with van der Waals surface area (Å²) in [6, 6.07) is 0. The molecule has 1 N–H and O–H groups in total. The molecule has 0 aliphatic heterocycles. The Hall–Kier alpha value is 0.257. The van der Waals surface area contributed by atoms with Gasteiger partial charge < -0.3 is 9.84 Å². The molecule has 0 radical (unpaired) electrons. The van der Waals surface area contributed by atoms with E-state index in [9.17, 15) is 4.79 Å². The van der Waals surface area contributed by atoms with Crippen LogP contribution < -0.4 is 0 Å². The van der Waals surface area contributed by atoms with Crippen molar-refractivity contribution in [2.45, 2.75) is 6.92 Å². The van der Waals surface area contributed by atoms with E-state index in [2.05, 4.69) is 4.74 Å². The van der Waals surface area contributed by atoms with Crippen LogP contribution in [-0.4, -0.2) is 17.9 Å². The molecule has 0 bridgehead atoms. The molecule has 0 unspecified atom stereocenters. The van der Waals surface area contributed by atoms with Crippen LogP contribution in [0, 0.1) is 29.2 Å². The quantitative estimate of drug-likeness (QED) is 0.719. The minimum absolute atomic E-state index is 0. The van der Waals surface area contributed by atoms with Gasteiger partial charge >= 0.3 is 6.16 Å². The molecule has 4 heteroatoms. The molecular formula is C3H6O3Pu. The zero-order valence-corrected chi connectivity index (χ0v) is 7.28. The van der Waals surface area contributed by atoms with Crippen molar-refractivity contribution in [3.63, 3.8) is 0 Å². The maximum Gasteiger partial charge on any atom is 0.505 e. The number of rotatable bonds is 1. The normalized spacial score (nSPS) is 6.43. The van der Waals surface area contributed by atoms with Gasteiger partial charge in [-0.2, -0.15) is 0 Å². The molecule has 0 aromatic carbocycles. The van der Waals surface area contributed by atoms with Crippen molar-refractivity contribution in [1.29, 1.82) is 0 Å². The molecule has 0 aromatic rings. The molecule has 0 rings (SSSR count). The minimum atomic E-state index is -1.21. The van der Waals surface area contributed by atoms with Gasteiger partial charge in [0.25, 0.3) is 0 Å². The third-order valence-electron chi connectivity index (χ3n) is 0.268. The van der Waals surface area contributed by atoms with Gasteiger partial charge in [-0.25, -0.2) is 4.79 Å². The van der Waals surface area contributed by atoms with E-state index in [1.165, 1.54) is 0 Å². The minimum Gasteiger partial charge on any atom is -0.450 e. The van der Waals surface area contributed by atoms with Crippen molar-refractivity contribution in [3.8, 4) is 0 Å². The third kappa shape index (κ3) is 10.7. The molecular weight excluding hydrogens is 328 g/mol. The first-order valence-electron chi connectivity index (χ1n) is 1.63. The van der Waals surface area contributed by atoms with Crippen molar-refractivity contribution in [2.24, 2.45) is 0 Å². The Morgan fingerprint density at radius 3 is 2.29 bits per heavy atom. The Kier molecular flexibility index (Phi) is 9.19. The van der Waals surface area contributed by atoms with E-state index >= 15 is 0 Å². The maximum absolute atomic E-state index is 9.38. The summed E-state index contributed by atoms with van der Waals surface area (Å²) >= 11 is 0. The van der Waals surface area contributed by atoms with Crippen molar-refractivity contribution in [1.82, 2.24) is 0 Å². The summed E-state index contributed by atoms with van der Waals surface area (Å²) < 4.78 is 3.96. The van der Waals surface area contributed by atoms with Crippen LogP contribution in [0.5, 0.6) is 0 Å². The van der Waals surface area contributed by atoms with Gasteiger partial charge in [-0.3, -0.25) is 0 Å². The average Bonchev–Trinajstić information content (AvgIpc) is 1.35. The molecule has 0 heterocycles. The summed E-state index contributed by atoms with van der Waals surface area (Å²) in [4.78, 5) is 9.38. The molecule has 0 saturated carbocycles. The van der Waals surface area contributed by atoms with E-state index in [4.69, 9.17) is 5.11 Å². The zero-order chi connectivity index (χ0) is 4.99. The number of hydrogen-bond donors (Lipinski definition) is 1. The summed E-state index contributed by atoms with van der Waals surface area (Å²) in [5, 5.41) is 7.69. The van der Waals surface area contributed by atoms with Gasteiger partial charge in [0.05, 0.1) is 6.61 Å². The van der Waals surface area contributed by atoms with Gasteiger partial charge in [0, 0.05) is 29.2 Å². The third-order valence-corrected chi connectivity index (χ3v) is 0.268. The van der Waals surface area contributed by atoms with Gasteiger partial charge in [0.2, 0.25) is 0 Å². The van der Waals surface area contributed by atoms with Crippen LogP contribution in [0.4, 0.5) is 4.79 Å². The fraction of sp³-hybridized carbons (Fsp3) is 0.667. The summed E-state index contributed by atoms with van der Waals surface area (Å²) in [5.74, 6) is 0. The molecule has 0 fully saturated rings. The van der Waals surface area contributed by atoms with Crippen molar-refractivity contribution < 1.29 is 43.8 Å². The second kappa shape index (κ2) is 6.26. The van der Waals surface area contributed by atoms with Gasteiger partial charge in [-0.05, 0) is 6.92 Å². The summed E-state index contributed by atoms with van der Waals surface area (Å²) in [6.45, 7) is 1.85. The van der Waals surface area contributed by atoms with Crippen LogP contribution in [0.25, 0.3) is 0 Å². The average molecular weight is 334 g/mol. The van der Waals surface area contributed by atoms with E-state index < -0.39 is 6.16 Å². The predicted molar refractivity (Wildman–Crippen MR) is 19.7 cm³/mol. The van der Waals surface area contributed by atoms with Crippen LogP contribution in [0.2, 0.25) is 0 Å². The van der Waals surface area contributed by atoms with E-state index in [1.54, 1.807) is 6.92 Å². The Morgan fingerprint density at radius 2 is 2.29 bits per heavy atom. The second-order valence-corrected chi connectivity index (χ2v) is 0.699. The zero-order valence-electron chi connectivity index (χ0n) is 3.88. The molecule has 3 nitrogen and oxygen atoms in total. The van der Waals surface area contributed by atoms with E-state index in [1.807, 2.05) is 0 Å². The molecule has 0 atom stereocenters. The van der Waals surface area contributed by atoms with Crippen molar-refractivity contribution in [3.05, 3.63) is 0 Å². The summed E-state index contributed by atoms with van der Waals surface area (Å²) in [7, 11) is 0. The SMILES string of the molecule is CCOC(=O)O.[Pu]. The number of ether oxygens (including phenoxy) is 1. The van der Waals surface area contributed by atoms with Crippen LogP contribution in [0.1, 0.15) is 6.92 Å². The standard InChI is InChI=1S/C3H6O3.Pu/c1-2-6-3(4)5;/h2H2,1H3,(H,4,5);. The van der Waals surface area contributed by atoms with Gasteiger partial charge in [0.1, 0.15) is 0 Å². The monoisotopic (exact) mass is 328 g/mol. The Balaban J connectivity index is 0. The first-order chi connectivity index (χ1) is 2.77. The number of hydrogen-bond acceptors (Lipinski definition) is 2. The topological polar surface area (TPSA) is 46.5 Å². The molecule has 0 aromatic heterocycles. The molecule has 0 spiro atoms. The van der Waals surface area contributed by atoms with Crippen molar-refractivity contribution in [2.75, 3.05) is 6.61 Å². The fourth-order valence-corrected chi connectivity index (χ4v) is 0.123. The Bertz CT molecular complexity index is 54.1. The second-order valence-electron chi connectivity index (χ2n) is 0.699. The van der Waals surface area contributed by atoms with Crippen LogP contribution in [-0.2, 0) is 4.74 Å². The predicted octanol–water partition coefficient (Wildman–Crippen LogP) is 0.701. The molecule has 0 saturated heterocycles. The fourth-order valence-electron chi connectivity index (χ4n) is 0.123. The Labute approximate surface area is 63.6 Å². The first kappa shape index (κ1) is 10.3. The summed E-state index contributed by atoms with van der Waals surface area (Å²) in [6.07, 6.45) is -1.21. The van der Waals surface area contributed by atoms with Crippen LogP contribution in [0.15, 0.2) is 0 Å². The van der Waals surface area contributed by atoms with Gasteiger partial charge in [0.15, 0.2) is 0 Å². The van der Waals surface area contributed by atoms with Crippen LogP contribution >= 0.6 is 0 Å². The molecule has 0 aliphatic carbocycles. The van der Waals surface area contributed by atoms with E-state index in [0.29, 0.717) is 0 Å². The molecule has 0 aliphatic rings. The number of carboxylic acid groups (broad SMARTS) is 1.